The smallest absolute Gasteiger partial charge is 0.337 e. The molecule has 1 aromatic heterocycles. The van der Waals surface area contributed by atoms with Crippen LogP contribution in [0.15, 0.2) is 54.7 Å². The van der Waals surface area contributed by atoms with Crippen LogP contribution in [0.3, 0.4) is 0 Å². The molecule has 2 aromatic carbocycles. The summed E-state index contributed by atoms with van der Waals surface area (Å²) in [6.45, 7) is 0. The highest BCUT2D eigenvalue weighted by Crippen LogP contribution is 2.33. The minimum absolute atomic E-state index is 0.348. The molecule has 0 unspecified atom stereocenters. The van der Waals surface area contributed by atoms with E-state index in [1.54, 1.807) is 30.6 Å². The molecule has 0 saturated heterocycles. The van der Waals surface area contributed by atoms with Gasteiger partial charge in [-0.2, -0.15) is 0 Å². The third-order valence-corrected chi connectivity index (χ3v) is 4.51. The Hall–Kier alpha value is -2.66. The first-order valence-electron chi connectivity index (χ1n) is 7.00. The van der Waals surface area contributed by atoms with E-state index in [4.69, 9.17) is 9.47 Å². The van der Waals surface area contributed by atoms with Gasteiger partial charge in [0, 0.05) is 11.8 Å². The lowest BCUT2D eigenvalue weighted by atomic mass is 10.1. The number of benzene rings is 2. The van der Waals surface area contributed by atoms with Crippen molar-refractivity contribution in [3.63, 3.8) is 0 Å². The number of rotatable bonds is 4. The van der Waals surface area contributed by atoms with Crippen molar-refractivity contribution in [2.45, 2.75) is 0 Å². The van der Waals surface area contributed by atoms with E-state index in [2.05, 4.69) is 4.98 Å². The highest BCUT2D eigenvalue weighted by atomic mass is 32.1. The minimum Gasteiger partial charge on any atom is -0.497 e. The van der Waals surface area contributed by atoms with Gasteiger partial charge in [-0.3, -0.25) is 0 Å². The molecule has 1 heterocycles. The van der Waals surface area contributed by atoms with Gasteiger partial charge in [0.15, 0.2) is 0 Å². The fourth-order valence-corrected chi connectivity index (χ4v) is 3.11. The van der Waals surface area contributed by atoms with E-state index in [1.165, 1.54) is 7.11 Å². The number of ether oxygens (including phenoxy) is 2. The zero-order chi connectivity index (χ0) is 16.2. The topological polar surface area (TPSA) is 48.4 Å². The number of thiazole rings is 1. The third kappa shape index (κ3) is 3.24. The molecular weight excluding hydrogens is 310 g/mol. The van der Waals surface area contributed by atoms with Gasteiger partial charge in [-0.25, -0.2) is 9.78 Å². The van der Waals surface area contributed by atoms with Crippen molar-refractivity contribution in [3.8, 4) is 26.8 Å². The van der Waals surface area contributed by atoms with Crippen molar-refractivity contribution >= 4 is 17.3 Å². The van der Waals surface area contributed by atoms with Gasteiger partial charge in [-0.1, -0.05) is 12.1 Å². The Bertz CT molecular complexity index is 824. The quantitative estimate of drug-likeness (QED) is 0.672. The van der Waals surface area contributed by atoms with Gasteiger partial charge in [-0.05, 0) is 42.0 Å². The Morgan fingerprint density at radius 1 is 1.04 bits per heavy atom. The molecule has 0 fully saturated rings. The van der Waals surface area contributed by atoms with Crippen molar-refractivity contribution in [1.29, 1.82) is 0 Å². The second kappa shape index (κ2) is 6.62. The van der Waals surface area contributed by atoms with E-state index in [1.807, 2.05) is 42.6 Å². The Morgan fingerprint density at radius 2 is 1.83 bits per heavy atom. The van der Waals surface area contributed by atoms with Crippen LogP contribution >= 0.6 is 11.3 Å². The van der Waals surface area contributed by atoms with Crippen LogP contribution in [0.2, 0.25) is 0 Å². The normalized spacial score (nSPS) is 10.3. The highest BCUT2D eigenvalue weighted by Gasteiger charge is 2.10. The summed E-state index contributed by atoms with van der Waals surface area (Å²) in [5.74, 6) is 0.475. The fourth-order valence-electron chi connectivity index (χ4n) is 2.19. The predicted molar refractivity (Wildman–Crippen MR) is 90.9 cm³/mol. The minimum atomic E-state index is -0.348. The van der Waals surface area contributed by atoms with Gasteiger partial charge >= 0.3 is 5.97 Å². The van der Waals surface area contributed by atoms with Crippen molar-refractivity contribution in [1.82, 2.24) is 4.98 Å². The van der Waals surface area contributed by atoms with Crippen LogP contribution in [-0.4, -0.2) is 25.2 Å². The molecule has 116 valence electrons. The first kappa shape index (κ1) is 15.2. The number of carbonyl (C=O) groups is 1. The average Bonchev–Trinajstić information content (AvgIpc) is 3.11. The van der Waals surface area contributed by atoms with E-state index < -0.39 is 0 Å². The fraction of sp³-hybridized carbons (Fsp3) is 0.111. The number of esters is 1. The van der Waals surface area contributed by atoms with Gasteiger partial charge in [0.25, 0.3) is 0 Å². The molecule has 3 aromatic rings. The molecule has 0 saturated carbocycles. The molecule has 0 radical (unpaired) electrons. The van der Waals surface area contributed by atoms with Gasteiger partial charge in [-0.15, -0.1) is 11.3 Å². The molecule has 0 amide bonds. The molecule has 0 atom stereocenters. The molecule has 0 aliphatic carbocycles. The Balaban J connectivity index is 1.90. The van der Waals surface area contributed by atoms with Crippen molar-refractivity contribution in [3.05, 3.63) is 60.3 Å². The van der Waals surface area contributed by atoms with E-state index in [0.717, 1.165) is 26.8 Å². The second-order valence-electron chi connectivity index (χ2n) is 4.83. The summed E-state index contributed by atoms with van der Waals surface area (Å²) in [5.41, 5.74) is 2.50. The summed E-state index contributed by atoms with van der Waals surface area (Å²) < 4.78 is 9.93. The Morgan fingerprint density at radius 3 is 2.52 bits per heavy atom. The maximum absolute atomic E-state index is 11.6. The standard InChI is InChI=1S/C18H15NO3S/c1-21-15-8-6-12(7-9-15)16-11-19-17(23-16)13-4-3-5-14(10-13)18(20)22-2/h3-11H,1-2H3. The summed E-state index contributed by atoms with van der Waals surface area (Å²) in [6.07, 6.45) is 1.84. The monoisotopic (exact) mass is 325 g/mol. The number of methoxy groups -OCH3 is 2. The summed E-state index contributed by atoms with van der Waals surface area (Å²) in [7, 11) is 3.02. The maximum atomic E-state index is 11.6. The van der Waals surface area contributed by atoms with E-state index in [-0.39, 0.29) is 5.97 Å². The van der Waals surface area contributed by atoms with Crippen molar-refractivity contribution in [2.24, 2.45) is 0 Å². The van der Waals surface area contributed by atoms with Crippen LogP contribution in [-0.2, 0) is 4.74 Å². The van der Waals surface area contributed by atoms with Gasteiger partial charge in [0.1, 0.15) is 10.8 Å². The first-order valence-corrected chi connectivity index (χ1v) is 7.82. The maximum Gasteiger partial charge on any atom is 0.337 e. The number of nitrogens with zero attached hydrogens (tertiary/aromatic N) is 1. The van der Waals surface area contributed by atoms with E-state index in [9.17, 15) is 4.79 Å². The van der Waals surface area contributed by atoms with Gasteiger partial charge in [0.2, 0.25) is 0 Å². The SMILES string of the molecule is COC(=O)c1cccc(-c2ncc(-c3ccc(OC)cc3)s2)c1. The van der Waals surface area contributed by atoms with E-state index >= 15 is 0 Å². The van der Waals surface area contributed by atoms with Crippen LogP contribution in [0.5, 0.6) is 5.75 Å². The number of carbonyl (C=O) groups excluding carboxylic acids is 1. The zero-order valence-electron chi connectivity index (χ0n) is 12.8. The predicted octanol–water partition coefficient (Wildman–Crippen LogP) is 4.27. The summed E-state index contributed by atoms with van der Waals surface area (Å²) in [5, 5.41) is 0.863. The molecule has 23 heavy (non-hydrogen) atoms. The summed E-state index contributed by atoms with van der Waals surface area (Å²) in [4.78, 5) is 17.2. The lowest BCUT2D eigenvalue weighted by Crippen LogP contribution is -2.00. The average molecular weight is 325 g/mol. The largest absolute Gasteiger partial charge is 0.497 e. The molecule has 0 aliphatic heterocycles. The van der Waals surface area contributed by atoms with Crippen LogP contribution in [0.25, 0.3) is 21.0 Å². The lowest BCUT2D eigenvalue weighted by molar-refractivity contribution is 0.0601. The molecule has 4 nitrogen and oxygen atoms in total. The lowest BCUT2D eigenvalue weighted by Gasteiger charge is -2.01. The highest BCUT2D eigenvalue weighted by molar-refractivity contribution is 7.18. The van der Waals surface area contributed by atoms with E-state index in [0.29, 0.717) is 5.56 Å². The molecule has 0 aliphatic rings. The Kier molecular flexibility index (Phi) is 4.39. The van der Waals surface area contributed by atoms with Gasteiger partial charge in [0.05, 0.1) is 24.7 Å². The van der Waals surface area contributed by atoms with Crippen LogP contribution < -0.4 is 4.74 Å². The van der Waals surface area contributed by atoms with Crippen molar-refractivity contribution in [2.75, 3.05) is 14.2 Å². The molecule has 0 N–H and O–H groups in total. The molecule has 0 spiro atoms. The van der Waals surface area contributed by atoms with Crippen LogP contribution in [0.4, 0.5) is 0 Å². The summed E-state index contributed by atoms with van der Waals surface area (Å²) in [6, 6.07) is 15.1. The van der Waals surface area contributed by atoms with Gasteiger partial charge < -0.3 is 9.47 Å². The molecule has 5 heteroatoms. The third-order valence-electron chi connectivity index (χ3n) is 3.41. The van der Waals surface area contributed by atoms with Crippen molar-refractivity contribution < 1.29 is 14.3 Å². The van der Waals surface area contributed by atoms with Crippen LogP contribution in [0.1, 0.15) is 10.4 Å². The summed E-state index contributed by atoms with van der Waals surface area (Å²) >= 11 is 1.58. The first-order chi connectivity index (χ1) is 11.2. The second-order valence-corrected chi connectivity index (χ2v) is 5.86. The molecule has 0 bridgehead atoms. The zero-order valence-corrected chi connectivity index (χ0v) is 13.6. The Labute approximate surface area is 138 Å². The number of hydrogen-bond acceptors (Lipinski definition) is 5. The molecule has 3 rings (SSSR count). The number of aromatic nitrogens is 1. The van der Waals surface area contributed by atoms with Crippen LogP contribution in [0, 0.1) is 0 Å². The molecular formula is C18H15NO3S. The number of hydrogen-bond donors (Lipinski definition) is 0.